The lowest BCUT2D eigenvalue weighted by Crippen LogP contribution is -2.03. The van der Waals surface area contributed by atoms with Crippen molar-refractivity contribution in [2.24, 2.45) is 0 Å². The fourth-order valence-corrected chi connectivity index (χ4v) is 2.20. The number of carbonyl (C=O) groups excluding carboxylic acids is 1. The van der Waals surface area contributed by atoms with Crippen LogP contribution in [0.5, 0.6) is 0 Å². The SMILES string of the molecule is COC(=O)c1cc(Cn2nnc(-c3ccc(C)cc3)n2)oc1C. The number of tetrazole rings is 1. The monoisotopic (exact) mass is 312 g/mol. The molecule has 0 unspecified atom stereocenters. The number of hydrogen-bond donors (Lipinski definition) is 0. The molecule has 0 spiro atoms. The molecule has 0 saturated carbocycles. The largest absolute Gasteiger partial charge is 0.465 e. The van der Waals surface area contributed by atoms with Crippen molar-refractivity contribution in [2.45, 2.75) is 20.4 Å². The highest BCUT2D eigenvalue weighted by Crippen LogP contribution is 2.17. The lowest BCUT2D eigenvalue weighted by Gasteiger charge is -1.96. The summed E-state index contributed by atoms with van der Waals surface area (Å²) in [5.74, 6) is 1.19. The van der Waals surface area contributed by atoms with E-state index in [1.807, 2.05) is 31.2 Å². The van der Waals surface area contributed by atoms with E-state index in [-0.39, 0.29) is 6.54 Å². The second-order valence-corrected chi connectivity index (χ2v) is 5.18. The van der Waals surface area contributed by atoms with Gasteiger partial charge in [0.15, 0.2) is 0 Å². The fourth-order valence-electron chi connectivity index (χ4n) is 2.20. The summed E-state index contributed by atoms with van der Waals surface area (Å²) in [7, 11) is 1.33. The molecule has 7 heteroatoms. The van der Waals surface area contributed by atoms with Gasteiger partial charge >= 0.3 is 5.97 Å². The molecule has 7 nitrogen and oxygen atoms in total. The summed E-state index contributed by atoms with van der Waals surface area (Å²) >= 11 is 0. The maximum atomic E-state index is 11.6. The number of rotatable bonds is 4. The van der Waals surface area contributed by atoms with Gasteiger partial charge in [-0.3, -0.25) is 0 Å². The number of nitrogens with zero attached hydrogens (tertiary/aromatic N) is 4. The number of methoxy groups -OCH3 is 1. The molecule has 0 aliphatic carbocycles. The summed E-state index contributed by atoms with van der Waals surface area (Å²) in [6.07, 6.45) is 0. The normalized spacial score (nSPS) is 10.7. The minimum Gasteiger partial charge on any atom is -0.465 e. The van der Waals surface area contributed by atoms with Gasteiger partial charge in [0.05, 0.1) is 7.11 Å². The van der Waals surface area contributed by atoms with Gasteiger partial charge < -0.3 is 9.15 Å². The van der Waals surface area contributed by atoms with Crippen molar-refractivity contribution < 1.29 is 13.9 Å². The predicted octanol–water partition coefficient (Wildman–Crippen LogP) is 2.38. The van der Waals surface area contributed by atoms with Crippen LogP contribution in [-0.4, -0.2) is 33.3 Å². The first-order valence-electron chi connectivity index (χ1n) is 7.09. The highest BCUT2D eigenvalue weighted by molar-refractivity contribution is 5.90. The van der Waals surface area contributed by atoms with Crippen molar-refractivity contribution in [2.75, 3.05) is 7.11 Å². The van der Waals surface area contributed by atoms with Crippen LogP contribution in [0.4, 0.5) is 0 Å². The first-order chi connectivity index (χ1) is 11.1. The number of aryl methyl sites for hydroxylation is 2. The van der Waals surface area contributed by atoms with E-state index in [0.717, 1.165) is 5.56 Å². The molecule has 0 aliphatic rings. The minimum atomic E-state index is -0.426. The zero-order valence-corrected chi connectivity index (χ0v) is 13.1. The molecule has 0 bridgehead atoms. The van der Waals surface area contributed by atoms with Gasteiger partial charge in [-0.1, -0.05) is 29.8 Å². The first-order valence-corrected chi connectivity index (χ1v) is 7.09. The first kappa shape index (κ1) is 15.0. The third-order valence-electron chi connectivity index (χ3n) is 3.43. The van der Waals surface area contributed by atoms with E-state index >= 15 is 0 Å². The highest BCUT2D eigenvalue weighted by atomic mass is 16.5. The zero-order chi connectivity index (χ0) is 16.4. The predicted molar refractivity (Wildman–Crippen MR) is 81.9 cm³/mol. The van der Waals surface area contributed by atoms with Crippen molar-refractivity contribution in [3.8, 4) is 11.4 Å². The van der Waals surface area contributed by atoms with Crippen LogP contribution in [0, 0.1) is 13.8 Å². The summed E-state index contributed by atoms with van der Waals surface area (Å²) in [5, 5.41) is 12.4. The molecule has 1 aromatic carbocycles. The molecule has 0 radical (unpaired) electrons. The second kappa shape index (κ2) is 6.04. The van der Waals surface area contributed by atoms with Gasteiger partial charge in [0, 0.05) is 5.56 Å². The molecule has 0 saturated heterocycles. The Hall–Kier alpha value is -2.96. The van der Waals surface area contributed by atoms with Crippen molar-refractivity contribution >= 4 is 5.97 Å². The Bertz CT molecular complexity index is 833. The molecule has 2 aromatic heterocycles. The molecule has 0 aliphatic heterocycles. The molecular formula is C16H16N4O3. The maximum Gasteiger partial charge on any atom is 0.341 e. The highest BCUT2D eigenvalue weighted by Gasteiger charge is 2.16. The van der Waals surface area contributed by atoms with Gasteiger partial charge in [-0.15, -0.1) is 10.2 Å². The number of aromatic nitrogens is 4. The van der Waals surface area contributed by atoms with Crippen LogP contribution in [0.25, 0.3) is 11.4 Å². The Balaban J connectivity index is 1.79. The van der Waals surface area contributed by atoms with E-state index in [9.17, 15) is 4.79 Å². The van der Waals surface area contributed by atoms with E-state index in [0.29, 0.717) is 22.9 Å². The van der Waals surface area contributed by atoms with Gasteiger partial charge in [0.2, 0.25) is 5.82 Å². The minimum absolute atomic E-state index is 0.288. The Morgan fingerprint density at radius 3 is 2.70 bits per heavy atom. The average molecular weight is 312 g/mol. The smallest absolute Gasteiger partial charge is 0.341 e. The summed E-state index contributed by atoms with van der Waals surface area (Å²) in [4.78, 5) is 13.0. The molecule has 3 aromatic rings. The Kier molecular flexibility index (Phi) is 3.92. The zero-order valence-electron chi connectivity index (χ0n) is 13.1. The Morgan fingerprint density at radius 1 is 1.26 bits per heavy atom. The average Bonchev–Trinajstić information content (AvgIpc) is 3.14. The van der Waals surface area contributed by atoms with Crippen LogP contribution in [-0.2, 0) is 11.3 Å². The molecule has 0 amide bonds. The van der Waals surface area contributed by atoms with Gasteiger partial charge in [0.1, 0.15) is 23.6 Å². The lowest BCUT2D eigenvalue weighted by atomic mass is 10.1. The summed E-state index contributed by atoms with van der Waals surface area (Å²) < 4.78 is 10.2. The summed E-state index contributed by atoms with van der Waals surface area (Å²) in [5.41, 5.74) is 2.47. The van der Waals surface area contributed by atoms with Crippen molar-refractivity contribution in [1.82, 2.24) is 20.2 Å². The molecule has 2 heterocycles. The fraction of sp³-hybridized carbons (Fsp3) is 0.250. The van der Waals surface area contributed by atoms with E-state index in [2.05, 4.69) is 15.4 Å². The molecule has 0 N–H and O–H groups in total. The lowest BCUT2D eigenvalue weighted by molar-refractivity contribution is 0.0599. The van der Waals surface area contributed by atoms with Crippen molar-refractivity contribution in [3.63, 3.8) is 0 Å². The molecular weight excluding hydrogens is 296 g/mol. The summed E-state index contributed by atoms with van der Waals surface area (Å²) in [6, 6.07) is 9.52. The number of carbonyl (C=O) groups is 1. The number of esters is 1. The van der Waals surface area contributed by atoms with Gasteiger partial charge in [-0.2, -0.15) is 4.80 Å². The third-order valence-corrected chi connectivity index (χ3v) is 3.43. The van der Waals surface area contributed by atoms with E-state index in [1.165, 1.54) is 17.5 Å². The van der Waals surface area contributed by atoms with Crippen molar-refractivity contribution in [3.05, 3.63) is 53.0 Å². The number of furan rings is 1. The molecule has 23 heavy (non-hydrogen) atoms. The Labute approximate surface area is 132 Å². The number of benzene rings is 1. The van der Waals surface area contributed by atoms with E-state index in [1.54, 1.807) is 13.0 Å². The molecule has 118 valence electrons. The molecule has 3 rings (SSSR count). The standard InChI is InChI=1S/C16H16N4O3/c1-10-4-6-12(7-5-10)15-17-19-20(18-15)9-13-8-14(11(2)23-13)16(21)22-3/h4-8H,9H2,1-3H3. The summed E-state index contributed by atoms with van der Waals surface area (Å²) in [6.45, 7) is 4.02. The van der Waals surface area contributed by atoms with Crippen LogP contribution < -0.4 is 0 Å². The Morgan fingerprint density at radius 2 is 2.00 bits per heavy atom. The molecule has 0 fully saturated rings. The van der Waals surface area contributed by atoms with Crippen LogP contribution >= 0.6 is 0 Å². The topological polar surface area (TPSA) is 83.0 Å². The number of hydrogen-bond acceptors (Lipinski definition) is 6. The van der Waals surface area contributed by atoms with Gasteiger partial charge in [0.25, 0.3) is 0 Å². The quantitative estimate of drug-likeness (QED) is 0.688. The van der Waals surface area contributed by atoms with Crippen LogP contribution in [0.1, 0.15) is 27.4 Å². The van der Waals surface area contributed by atoms with Crippen LogP contribution in [0.15, 0.2) is 34.7 Å². The van der Waals surface area contributed by atoms with Gasteiger partial charge in [-0.25, -0.2) is 4.79 Å². The third kappa shape index (κ3) is 3.13. The van der Waals surface area contributed by atoms with Gasteiger partial charge in [-0.05, 0) is 25.1 Å². The van der Waals surface area contributed by atoms with E-state index < -0.39 is 5.97 Å². The number of ether oxygens (including phenoxy) is 1. The van der Waals surface area contributed by atoms with Crippen LogP contribution in [0.3, 0.4) is 0 Å². The van der Waals surface area contributed by atoms with Crippen LogP contribution in [0.2, 0.25) is 0 Å². The van der Waals surface area contributed by atoms with Crippen molar-refractivity contribution in [1.29, 1.82) is 0 Å². The second-order valence-electron chi connectivity index (χ2n) is 5.18. The molecule has 0 atom stereocenters. The van der Waals surface area contributed by atoms with E-state index in [4.69, 9.17) is 9.15 Å². The maximum absolute atomic E-state index is 11.6.